The highest BCUT2D eigenvalue weighted by Gasteiger charge is 2.48. The molecule has 2 aromatic rings. The van der Waals surface area contributed by atoms with Crippen molar-refractivity contribution in [3.8, 4) is 11.1 Å². The number of amides is 1. The summed E-state index contributed by atoms with van der Waals surface area (Å²) >= 11 is 0. The minimum absolute atomic E-state index is 0.0740. The molecule has 3 atom stereocenters. The zero-order chi connectivity index (χ0) is 28.3. The zero-order valence-corrected chi connectivity index (χ0v) is 22.0. The van der Waals surface area contributed by atoms with Crippen molar-refractivity contribution in [1.82, 2.24) is 16.0 Å². The molecule has 0 aromatic heterocycles. The van der Waals surface area contributed by atoms with Gasteiger partial charge in [0.05, 0.1) is 30.1 Å². The van der Waals surface area contributed by atoms with E-state index in [1.807, 2.05) is 0 Å². The number of benzene rings is 2. The van der Waals surface area contributed by atoms with Crippen LogP contribution in [0.25, 0.3) is 11.1 Å². The van der Waals surface area contributed by atoms with Crippen molar-refractivity contribution < 1.29 is 35.6 Å². The Labute approximate surface area is 219 Å². The number of carbonyl (C=O) groups is 2. The van der Waals surface area contributed by atoms with E-state index in [-0.39, 0.29) is 29.3 Å². The first kappa shape index (κ1) is 29.7. The van der Waals surface area contributed by atoms with Crippen LogP contribution in [0.1, 0.15) is 31.9 Å². The minimum Gasteiger partial charge on any atom is -0.339 e. The lowest BCUT2D eigenvalue weighted by Crippen LogP contribution is -2.64. The highest BCUT2D eigenvalue weighted by atomic mass is 32.2. The zero-order valence-electron chi connectivity index (χ0n) is 21.2. The van der Waals surface area contributed by atoms with Gasteiger partial charge in [-0.25, -0.2) is 26.0 Å². The fourth-order valence-corrected chi connectivity index (χ4v) is 4.88. The molecule has 38 heavy (non-hydrogen) atoms. The summed E-state index contributed by atoms with van der Waals surface area (Å²) in [5.74, 6) is -5.49. The summed E-state index contributed by atoms with van der Waals surface area (Å²) in [6, 6.07) is 7.33. The van der Waals surface area contributed by atoms with Crippen LogP contribution in [-0.4, -0.2) is 63.9 Å². The van der Waals surface area contributed by atoms with Gasteiger partial charge in [-0.1, -0.05) is 50.2 Å². The van der Waals surface area contributed by atoms with Crippen LogP contribution in [-0.2, 0) is 19.4 Å². The van der Waals surface area contributed by atoms with Crippen molar-refractivity contribution in [3.63, 3.8) is 0 Å². The minimum atomic E-state index is -3.51. The maximum Gasteiger partial charge on any atom is 0.287 e. The van der Waals surface area contributed by atoms with Gasteiger partial charge in [-0.15, -0.1) is 0 Å². The lowest BCUT2D eigenvalue weighted by Gasteiger charge is -2.33. The molecule has 1 fully saturated rings. The molecule has 1 aliphatic rings. The Morgan fingerprint density at radius 2 is 1.61 bits per heavy atom. The third-order valence-electron chi connectivity index (χ3n) is 6.23. The van der Waals surface area contributed by atoms with Crippen molar-refractivity contribution in [2.75, 3.05) is 19.3 Å². The van der Waals surface area contributed by atoms with E-state index >= 15 is 0 Å². The second-order valence-corrected chi connectivity index (χ2v) is 11.9. The van der Waals surface area contributed by atoms with Crippen LogP contribution in [0, 0.1) is 5.92 Å². The molecule has 3 N–H and O–H groups in total. The molecule has 0 bridgehead atoms. The van der Waals surface area contributed by atoms with Crippen LogP contribution in [0.2, 0.25) is 0 Å². The van der Waals surface area contributed by atoms with E-state index in [9.17, 15) is 35.6 Å². The number of sulfone groups is 1. The van der Waals surface area contributed by atoms with Crippen LogP contribution in [0.15, 0.2) is 53.4 Å². The van der Waals surface area contributed by atoms with Gasteiger partial charge in [-0.05, 0) is 41.2 Å². The quantitative estimate of drug-likeness (QED) is 0.387. The summed E-state index contributed by atoms with van der Waals surface area (Å²) in [4.78, 5) is 25.1. The second kappa shape index (κ2) is 11.9. The molecule has 0 saturated carbocycles. The molecule has 1 heterocycles. The highest BCUT2D eigenvalue weighted by molar-refractivity contribution is 7.90. The average Bonchev–Trinajstić information content (AvgIpc) is 2.83. The molecule has 208 valence electrons. The number of Topliss-reactive ketones (excluding diaryl/α,β-unsaturated/α-hetero) is 1. The van der Waals surface area contributed by atoms with Crippen LogP contribution >= 0.6 is 0 Å². The van der Waals surface area contributed by atoms with Crippen molar-refractivity contribution in [2.24, 2.45) is 5.92 Å². The van der Waals surface area contributed by atoms with Crippen LogP contribution in [0.5, 0.6) is 0 Å². The highest BCUT2D eigenvalue weighted by Crippen LogP contribution is 2.28. The van der Waals surface area contributed by atoms with Gasteiger partial charge in [0.1, 0.15) is 0 Å². The lowest BCUT2D eigenvalue weighted by molar-refractivity contribution is -0.142. The molecule has 0 spiro atoms. The molecular weight excluding hydrogens is 526 g/mol. The Morgan fingerprint density at radius 3 is 2.08 bits per heavy atom. The van der Waals surface area contributed by atoms with E-state index in [4.69, 9.17) is 0 Å². The predicted molar refractivity (Wildman–Crippen MR) is 135 cm³/mol. The third-order valence-corrected chi connectivity index (χ3v) is 7.36. The predicted octanol–water partition coefficient (Wildman–Crippen LogP) is 3.36. The lowest BCUT2D eigenvalue weighted by atomic mass is 9.96. The first-order valence-corrected chi connectivity index (χ1v) is 13.9. The number of alkyl halides is 4. The number of carbonyl (C=O) groups excluding carboxylic acids is 2. The average molecular weight is 558 g/mol. The molecule has 3 rings (SSSR count). The maximum absolute atomic E-state index is 14.3. The normalized spacial score (nSPS) is 19.4. The molecule has 7 nitrogen and oxygen atoms in total. The van der Waals surface area contributed by atoms with Crippen LogP contribution in [0.4, 0.5) is 17.6 Å². The van der Waals surface area contributed by atoms with E-state index in [1.54, 1.807) is 38.1 Å². The smallest absolute Gasteiger partial charge is 0.287 e. The molecule has 2 aromatic carbocycles. The summed E-state index contributed by atoms with van der Waals surface area (Å²) in [7, 11) is -3.36. The molecular formula is C26H31F4N3O4S. The molecule has 0 unspecified atom stereocenters. The van der Waals surface area contributed by atoms with E-state index in [1.165, 1.54) is 24.3 Å². The maximum atomic E-state index is 14.3. The molecule has 1 aliphatic heterocycles. The number of hydrogen-bond donors (Lipinski definition) is 3. The fraction of sp³-hybridized carbons (Fsp3) is 0.462. The van der Waals surface area contributed by atoms with Gasteiger partial charge in [0, 0.05) is 6.26 Å². The summed E-state index contributed by atoms with van der Waals surface area (Å²) in [6.45, 7) is 2.40. The Bertz CT molecular complexity index is 1240. The molecule has 1 amide bonds. The number of ketones is 1. The first-order chi connectivity index (χ1) is 17.7. The SMILES string of the molecule is CC(C)C[C@H](N[C@@H](c1ccc(-c2ccc(S(C)(=O)=O)cc2)cc1)C(F)F)C(=O)N[C@@H]1C(=O)CNCC1(F)F. The number of piperidine rings is 1. The standard InChI is InChI=1S/C26H31F4N3O4S/c1-15(2)12-20(25(35)33-23-21(34)13-31-14-26(23,29)30)32-22(24(27)28)18-6-4-16(5-7-18)17-8-10-19(11-9-17)38(3,36)37/h4-11,15,20,22-24,31-32H,12-14H2,1-3H3,(H,33,35)/t20-,22-,23+/m0/s1. The summed E-state index contributed by atoms with van der Waals surface area (Å²) < 4.78 is 80.1. The van der Waals surface area contributed by atoms with Crippen molar-refractivity contribution in [2.45, 2.75) is 55.6 Å². The van der Waals surface area contributed by atoms with Crippen molar-refractivity contribution in [3.05, 3.63) is 54.1 Å². The van der Waals surface area contributed by atoms with Gasteiger partial charge >= 0.3 is 0 Å². The number of hydrogen-bond acceptors (Lipinski definition) is 6. The van der Waals surface area contributed by atoms with Gasteiger partial charge < -0.3 is 10.6 Å². The van der Waals surface area contributed by atoms with Gasteiger partial charge in [0.25, 0.3) is 12.3 Å². The third kappa shape index (κ3) is 7.39. The van der Waals surface area contributed by atoms with E-state index < -0.39 is 58.5 Å². The van der Waals surface area contributed by atoms with Gasteiger partial charge in [-0.3, -0.25) is 14.9 Å². The topological polar surface area (TPSA) is 104 Å². The Hall–Kier alpha value is -2.83. The summed E-state index contributed by atoms with van der Waals surface area (Å²) in [5.41, 5.74) is 1.50. The van der Waals surface area contributed by atoms with Gasteiger partial charge in [-0.2, -0.15) is 0 Å². The molecule has 12 heteroatoms. The Morgan fingerprint density at radius 1 is 1.05 bits per heavy atom. The first-order valence-electron chi connectivity index (χ1n) is 12.1. The second-order valence-electron chi connectivity index (χ2n) is 9.85. The van der Waals surface area contributed by atoms with Crippen LogP contribution in [0.3, 0.4) is 0 Å². The van der Waals surface area contributed by atoms with E-state index in [0.717, 1.165) is 6.26 Å². The van der Waals surface area contributed by atoms with Gasteiger partial charge in [0.15, 0.2) is 21.7 Å². The molecule has 0 aliphatic carbocycles. The Balaban J connectivity index is 1.80. The van der Waals surface area contributed by atoms with Crippen molar-refractivity contribution >= 4 is 21.5 Å². The Kier molecular flexibility index (Phi) is 9.32. The molecule has 0 radical (unpaired) electrons. The largest absolute Gasteiger partial charge is 0.339 e. The number of rotatable bonds is 10. The van der Waals surface area contributed by atoms with E-state index in [2.05, 4.69) is 16.0 Å². The van der Waals surface area contributed by atoms with Crippen LogP contribution < -0.4 is 16.0 Å². The summed E-state index contributed by atoms with van der Waals surface area (Å²) in [6.07, 6.45) is -1.76. The number of halogens is 4. The fourth-order valence-electron chi connectivity index (χ4n) is 4.25. The summed E-state index contributed by atoms with van der Waals surface area (Å²) in [5, 5.41) is 6.98. The van der Waals surface area contributed by atoms with E-state index in [0.29, 0.717) is 11.1 Å². The monoisotopic (exact) mass is 557 g/mol. The number of nitrogens with one attached hydrogen (secondary N) is 3. The van der Waals surface area contributed by atoms with Crippen molar-refractivity contribution in [1.29, 1.82) is 0 Å². The van der Waals surface area contributed by atoms with Gasteiger partial charge in [0.2, 0.25) is 5.91 Å². The molecule has 1 saturated heterocycles.